The Labute approximate surface area is 111 Å². The van der Waals surface area contributed by atoms with Crippen molar-refractivity contribution >= 4 is 11.0 Å². The summed E-state index contributed by atoms with van der Waals surface area (Å²) < 4.78 is 7.55. The van der Waals surface area contributed by atoms with E-state index in [0.717, 1.165) is 31.0 Å². The number of benzene rings is 1. The number of fused-ring (bicyclic) bond motifs is 1. The van der Waals surface area contributed by atoms with Gasteiger partial charge in [0.05, 0.1) is 12.7 Å². The SMILES string of the molecule is Cc1oc2ccccc2c1CNCCn1ccnn1. The van der Waals surface area contributed by atoms with Crippen LogP contribution in [0.25, 0.3) is 11.0 Å². The monoisotopic (exact) mass is 256 g/mol. The molecule has 5 heteroatoms. The van der Waals surface area contributed by atoms with Crippen molar-refractivity contribution in [1.82, 2.24) is 20.3 Å². The van der Waals surface area contributed by atoms with Gasteiger partial charge in [0.2, 0.25) is 0 Å². The van der Waals surface area contributed by atoms with Crippen molar-refractivity contribution in [2.45, 2.75) is 20.0 Å². The summed E-state index contributed by atoms with van der Waals surface area (Å²) in [6.07, 6.45) is 3.55. The van der Waals surface area contributed by atoms with Crippen LogP contribution >= 0.6 is 0 Å². The number of aromatic nitrogens is 3. The molecule has 3 rings (SSSR count). The third-order valence-corrected chi connectivity index (χ3v) is 3.19. The van der Waals surface area contributed by atoms with Crippen molar-refractivity contribution in [2.75, 3.05) is 6.54 Å². The Morgan fingerprint density at radius 1 is 1.32 bits per heavy atom. The van der Waals surface area contributed by atoms with Gasteiger partial charge in [0.25, 0.3) is 0 Å². The van der Waals surface area contributed by atoms with Gasteiger partial charge in [-0.25, -0.2) is 0 Å². The first-order valence-corrected chi connectivity index (χ1v) is 6.36. The van der Waals surface area contributed by atoms with Gasteiger partial charge in [-0.2, -0.15) is 0 Å². The van der Waals surface area contributed by atoms with Gasteiger partial charge in [0, 0.05) is 30.2 Å². The van der Waals surface area contributed by atoms with E-state index < -0.39 is 0 Å². The van der Waals surface area contributed by atoms with Crippen molar-refractivity contribution in [3.05, 3.63) is 48.0 Å². The van der Waals surface area contributed by atoms with Crippen molar-refractivity contribution in [1.29, 1.82) is 0 Å². The molecule has 2 heterocycles. The lowest BCUT2D eigenvalue weighted by atomic mass is 10.1. The molecular formula is C14H16N4O. The van der Waals surface area contributed by atoms with E-state index in [9.17, 15) is 0 Å². The summed E-state index contributed by atoms with van der Waals surface area (Å²) in [6, 6.07) is 8.13. The van der Waals surface area contributed by atoms with Crippen LogP contribution in [0.5, 0.6) is 0 Å². The standard InChI is InChI=1S/C14H16N4O/c1-11-13(12-4-2-3-5-14(12)19-11)10-15-6-8-18-9-7-16-17-18/h2-5,7,9,15H,6,8,10H2,1H3. The van der Waals surface area contributed by atoms with Gasteiger partial charge in [0.15, 0.2) is 0 Å². The number of nitrogens with one attached hydrogen (secondary N) is 1. The molecule has 0 fully saturated rings. The van der Waals surface area contributed by atoms with Gasteiger partial charge in [-0.3, -0.25) is 4.68 Å². The predicted molar refractivity (Wildman–Crippen MR) is 72.7 cm³/mol. The van der Waals surface area contributed by atoms with Crippen molar-refractivity contribution in [3.8, 4) is 0 Å². The van der Waals surface area contributed by atoms with Gasteiger partial charge in [-0.1, -0.05) is 23.4 Å². The lowest BCUT2D eigenvalue weighted by Gasteiger charge is -2.04. The number of aryl methyl sites for hydroxylation is 1. The number of hydrogen-bond acceptors (Lipinski definition) is 4. The molecule has 0 bridgehead atoms. The molecule has 1 N–H and O–H groups in total. The Balaban J connectivity index is 1.63. The molecule has 1 aromatic carbocycles. The van der Waals surface area contributed by atoms with Gasteiger partial charge in [-0.05, 0) is 13.0 Å². The van der Waals surface area contributed by atoms with Crippen LogP contribution in [0.1, 0.15) is 11.3 Å². The van der Waals surface area contributed by atoms with Crippen LogP contribution in [0, 0.1) is 6.92 Å². The van der Waals surface area contributed by atoms with Crippen LogP contribution in [0.15, 0.2) is 41.1 Å². The maximum Gasteiger partial charge on any atom is 0.134 e. The number of nitrogens with zero attached hydrogens (tertiary/aromatic N) is 3. The summed E-state index contributed by atoms with van der Waals surface area (Å²) in [4.78, 5) is 0. The molecule has 0 saturated carbocycles. The smallest absolute Gasteiger partial charge is 0.134 e. The Bertz CT molecular complexity index is 657. The first-order chi connectivity index (χ1) is 9.34. The van der Waals surface area contributed by atoms with Crippen LogP contribution < -0.4 is 5.32 Å². The Morgan fingerprint density at radius 2 is 2.21 bits per heavy atom. The molecule has 2 aromatic heterocycles. The van der Waals surface area contributed by atoms with E-state index in [4.69, 9.17) is 4.42 Å². The average molecular weight is 256 g/mol. The van der Waals surface area contributed by atoms with Gasteiger partial charge >= 0.3 is 0 Å². The minimum absolute atomic E-state index is 0.803. The molecule has 5 nitrogen and oxygen atoms in total. The van der Waals surface area contributed by atoms with Crippen LogP contribution in [0.4, 0.5) is 0 Å². The summed E-state index contributed by atoms with van der Waals surface area (Å²) >= 11 is 0. The number of para-hydroxylation sites is 1. The number of hydrogen-bond donors (Lipinski definition) is 1. The molecule has 0 aliphatic rings. The summed E-state index contributed by atoms with van der Waals surface area (Å²) in [5.41, 5.74) is 2.18. The van der Waals surface area contributed by atoms with E-state index in [2.05, 4.69) is 21.7 Å². The highest BCUT2D eigenvalue weighted by molar-refractivity contribution is 5.82. The summed E-state index contributed by atoms with van der Waals surface area (Å²) in [6.45, 7) is 4.48. The van der Waals surface area contributed by atoms with Crippen molar-refractivity contribution < 1.29 is 4.42 Å². The molecule has 0 saturated heterocycles. The molecule has 0 radical (unpaired) electrons. The molecule has 0 unspecified atom stereocenters. The van der Waals surface area contributed by atoms with E-state index in [-0.39, 0.29) is 0 Å². The fraction of sp³-hybridized carbons (Fsp3) is 0.286. The van der Waals surface area contributed by atoms with Crippen molar-refractivity contribution in [3.63, 3.8) is 0 Å². The van der Waals surface area contributed by atoms with Gasteiger partial charge in [-0.15, -0.1) is 5.10 Å². The highest BCUT2D eigenvalue weighted by Crippen LogP contribution is 2.24. The molecule has 3 aromatic rings. The zero-order valence-corrected chi connectivity index (χ0v) is 10.8. The summed E-state index contributed by atoms with van der Waals surface area (Å²) in [5, 5.41) is 12.3. The Hall–Kier alpha value is -2.14. The molecule has 98 valence electrons. The normalized spacial score (nSPS) is 11.2. The van der Waals surface area contributed by atoms with E-state index in [1.165, 1.54) is 10.9 Å². The zero-order valence-electron chi connectivity index (χ0n) is 10.8. The first kappa shape index (κ1) is 11.9. The second-order valence-electron chi connectivity index (χ2n) is 4.48. The highest BCUT2D eigenvalue weighted by atomic mass is 16.3. The van der Waals surface area contributed by atoms with E-state index in [0.29, 0.717) is 0 Å². The Morgan fingerprint density at radius 3 is 3.05 bits per heavy atom. The third-order valence-electron chi connectivity index (χ3n) is 3.19. The number of rotatable bonds is 5. The van der Waals surface area contributed by atoms with Crippen LogP contribution in [-0.4, -0.2) is 21.5 Å². The minimum atomic E-state index is 0.803. The molecule has 0 spiro atoms. The maximum absolute atomic E-state index is 5.73. The quantitative estimate of drug-likeness (QED) is 0.710. The van der Waals surface area contributed by atoms with Gasteiger partial charge in [0.1, 0.15) is 11.3 Å². The van der Waals surface area contributed by atoms with Crippen molar-refractivity contribution in [2.24, 2.45) is 0 Å². The average Bonchev–Trinajstić information content (AvgIpc) is 3.02. The summed E-state index contributed by atoms with van der Waals surface area (Å²) in [5.74, 6) is 0.981. The highest BCUT2D eigenvalue weighted by Gasteiger charge is 2.09. The third kappa shape index (κ3) is 2.51. The fourth-order valence-electron chi connectivity index (χ4n) is 2.20. The van der Waals surface area contributed by atoms with Crippen LogP contribution in [-0.2, 0) is 13.1 Å². The summed E-state index contributed by atoms with van der Waals surface area (Å²) in [7, 11) is 0. The predicted octanol–water partition coefficient (Wildman–Crippen LogP) is 2.12. The van der Waals surface area contributed by atoms with Gasteiger partial charge < -0.3 is 9.73 Å². The second-order valence-corrected chi connectivity index (χ2v) is 4.48. The molecule has 0 aliphatic heterocycles. The second kappa shape index (κ2) is 5.24. The van der Waals surface area contributed by atoms with Crippen LogP contribution in [0.3, 0.4) is 0 Å². The maximum atomic E-state index is 5.73. The largest absolute Gasteiger partial charge is 0.461 e. The topological polar surface area (TPSA) is 55.9 Å². The van der Waals surface area contributed by atoms with E-state index >= 15 is 0 Å². The van der Waals surface area contributed by atoms with E-state index in [1.54, 1.807) is 6.20 Å². The molecule has 0 amide bonds. The first-order valence-electron chi connectivity index (χ1n) is 6.36. The van der Waals surface area contributed by atoms with E-state index in [1.807, 2.05) is 36.0 Å². The lowest BCUT2D eigenvalue weighted by Crippen LogP contribution is -2.20. The molecule has 0 atom stereocenters. The zero-order chi connectivity index (χ0) is 13.1. The molecule has 19 heavy (non-hydrogen) atoms. The molecule has 0 aliphatic carbocycles. The lowest BCUT2D eigenvalue weighted by molar-refractivity contribution is 0.531. The fourth-order valence-corrected chi connectivity index (χ4v) is 2.20. The molecular weight excluding hydrogens is 240 g/mol. The van der Waals surface area contributed by atoms with Crippen LogP contribution in [0.2, 0.25) is 0 Å². The number of furan rings is 1. The minimum Gasteiger partial charge on any atom is -0.461 e. The Kier molecular flexibility index (Phi) is 3.29.